The normalized spacial score (nSPS) is 9.62. The zero-order valence-electron chi connectivity index (χ0n) is 8.59. The first kappa shape index (κ1) is 11.8. The van der Waals surface area contributed by atoms with Crippen LogP contribution >= 0.6 is 0 Å². The second-order valence-electron chi connectivity index (χ2n) is 2.76. The number of carboxylic acid groups (broad SMARTS) is 1. The van der Waals surface area contributed by atoms with E-state index in [-0.39, 0.29) is 17.1 Å². The average molecular weight is 227 g/mol. The first-order chi connectivity index (χ1) is 7.52. The fraction of sp³-hybridized carbons (Fsp3) is 0.222. The lowest BCUT2D eigenvalue weighted by Crippen LogP contribution is -2.05. The summed E-state index contributed by atoms with van der Waals surface area (Å²) in [4.78, 5) is 20.9. The van der Waals surface area contributed by atoms with Gasteiger partial charge in [-0.1, -0.05) is 0 Å². The highest BCUT2D eigenvalue weighted by molar-refractivity contribution is 5.93. The summed E-state index contributed by atoms with van der Waals surface area (Å²) < 4.78 is 9.51. The van der Waals surface area contributed by atoms with Crippen LogP contribution in [-0.2, 0) is 0 Å². The fourth-order valence-electron chi connectivity index (χ4n) is 1.27. The summed E-state index contributed by atoms with van der Waals surface area (Å²) in [6.07, 6.45) is 0. The van der Waals surface area contributed by atoms with Crippen molar-refractivity contribution in [1.29, 1.82) is 0 Å². The van der Waals surface area contributed by atoms with Crippen LogP contribution in [0.5, 0.6) is 11.5 Å². The van der Waals surface area contributed by atoms with E-state index in [0.29, 0.717) is 0 Å². The molecule has 0 fully saturated rings. The molecule has 7 nitrogen and oxygen atoms in total. The van der Waals surface area contributed by atoms with E-state index in [1.807, 2.05) is 0 Å². The van der Waals surface area contributed by atoms with Crippen LogP contribution in [0.3, 0.4) is 0 Å². The Labute approximate surface area is 90.4 Å². The molecular weight excluding hydrogens is 218 g/mol. The molecule has 0 aliphatic rings. The first-order valence-corrected chi connectivity index (χ1v) is 4.15. The van der Waals surface area contributed by atoms with E-state index in [9.17, 15) is 14.9 Å². The van der Waals surface area contributed by atoms with Gasteiger partial charge < -0.3 is 14.6 Å². The third-order valence-corrected chi connectivity index (χ3v) is 1.93. The highest BCUT2D eigenvalue weighted by Gasteiger charge is 2.27. The number of nitro groups is 1. The number of benzene rings is 1. The Kier molecular flexibility index (Phi) is 3.29. The molecule has 0 radical (unpaired) electrons. The maximum Gasteiger partial charge on any atom is 0.353 e. The van der Waals surface area contributed by atoms with Gasteiger partial charge in [-0.25, -0.2) is 4.79 Å². The molecule has 1 aromatic carbocycles. The van der Waals surface area contributed by atoms with Gasteiger partial charge in [-0.15, -0.1) is 0 Å². The van der Waals surface area contributed by atoms with Gasteiger partial charge in [-0.05, 0) is 12.1 Å². The number of methoxy groups -OCH3 is 2. The minimum absolute atomic E-state index is 0.0492. The summed E-state index contributed by atoms with van der Waals surface area (Å²) in [5.74, 6) is -1.67. The molecule has 0 bridgehead atoms. The Morgan fingerprint density at radius 3 is 2.38 bits per heavy atom. The van der Waals surface area contributed by atoms with E-state index in [1.165, 1.54) is 19.2 Å². The average Bonchev–Trinajstić information content (AvgIpc) is 2.26. The first-order valence-electron chi connectivity index (χ1n) is 4.15. The molecular formula is C9H9NO6. The number of carboxylic acids is 1. The topological polar surface area (TPSA) is 98.9 Å². The van der Waals surface area contributed by atoms with Crippen molar-refractivity contribution in [1.82, 2.24) is 0 Å². The van der Waals surface area contributed by atoms with Gasteiger partial charge in [0.05, 0.1) is 19.1 Å². The van der Waals surface area contributed by atoms with Crippen LogP contribution in [-0.4, -0.2) is 30.2 Å². The molecule has 0 spiro atoms. The molecule has 1 rings (SSSR count). The molecule has 0 saturated heterocycles. The third-order valence-electron chi connectivity index (χ3n) is 1.93. The van der Waals surface area contributed by atoms with E-state index in [2.05, 4.69) is 0 Å². The molecule has 0 saturated carbocycles. The molecule has 16 heavy (non-hydrogen) atoms. The van der Waals surface area contributed by atoms with Crippen LogP contribution in [0.2, 0.25) is 0 Å². The number of ether oxygens (including phenoxy) is 2. The standard InChI is InChI=1S/C9H9NO6/c1-15-6-4-3-5(9(11)12)8(16-2)7(6)10(13)14/h3-4H,1-2H3,(H,11,12). The van der Waals surface area contributed by atoms with E-state index >= 15 is 0 Å². The van der Waals surface area contributed by atoms with Crippen molar-refractivity contribution in [2.45, 2.75) is 0 Å². The highest BCUT2D eigenvalue weighted by atomic mass is 16.6. The van der Waals surface area contributed by atoms with Crippen molar-refractivity contribution in [3.8, 4) is 11.5 Å². The Morgan fingerprint density at radius 2 is 2.00 bits per heavy atom. The molecule has 7 heteroatoms. The minimum atomic E-state index is -1.30. The highest BCUT2D eigenvalue weighted by Crippen LogP contribution is 2.39. The van der Waals surface area contributed by atoms with Crippen LogP contribution in [0, 0.1) is 10.1 Å². The van der Waals surface area contributed by atoms with Gasteiger partial charge in [0, 0.05) is 0 Å². The quantitative estimate of drug-likeness (QED) is 0.614. The molecule has 1 N–H and O–H groups in total. The smallest absolute Gasteiger partial charge is 0.353 e. The van der Waals surface area contributed by atoms with Crippen LogP contribution < -0.4 is 9.47 Å². The van der Waals surface area contributed by atoms with Gasteiger partial charge in [0.15, 0.2) is 0 Å². The van der Waals surface area contributed by atoms with Crippen LogP contribution in [0.4, 0.5) is 5.69 Å². The monoisotopic (exact) mass is 227 g/mol. The summed E-state index contributed by atoms with van der Waals surface area (Å²) in [7, 11) is 2.41. The maximum absolute atomic E-state index is 10.8. The molecule has 1 aromatic rings. The van der Waals surface area contributed by atoms with Crippen molar-refractivity contribution >= 4 is 11.7 Å². The zero-order valence-corrected chi connectivity index (χ0v) is 8.59. The fourth-order valence-corrected chi connectivity index (χ4v) is 1.27. The lowest BCUT2D eigenvalue weighted by atomic mass is 10.1. The number of aromatic carboxylic acids is 1. The predicted octanol–water partition coefficient (Wildman–Crippen LogP) is 1.31. The van der Waals surface area contributed by atoms with Crippen molar-refractivity contribution < 1.29 is 24.3 Å². The molecule has 0 heterocycles. The number of hydrogen-bond acceptors (Lipinski definition) is 5. The Hall–Kier alpha value is -2.31. The molecule has 0 aromatic heterocycles. The Morgan fingerprint density at radius 1 is 1.38 bits per heavy atom. The van der Waals surface area contributed by atoms with Crippen molar-refractivity contribution in [2.24, 2.45) is 0 Å². The van der Waals surface area contributed by atoms with E-state index < -0.39 is 16.6 Å². The second-order valence-corrected chi connectivity index (χ2v) is 2.76. The van der Waals surface area contributed by atoms with Crippen LogP contribution in [0.15, 0.2) is 12.1 Å². The molecule has 0 amide bonds. The lowest BCUT2D eigenvalue weighted by Gasteiger charge is -2.08. The molecule has 0 unspecified atom stereocenters. The van der Waals surface area contributed by atoms with Crippen LogP contribution in [0.1, 0.15) is 10.4 Å². The summed E-state index contributed by atoms with van der Waals surface area (Å²) in [6, 6.07) is 2.40. The Balaban J connectivity index is 3.56. The number of carbonyl (C=O) groups is 1. The number of nitro benzene ring substituents is 1. The zero-order chi connectivity index (χ0) is 12.3. The summed E-state index contributed by atoms with van der Waals surface area (Å²) >= 11 is 0. The predicted molar refractivity (Wildman–Crippen MR) is 53.2 cm³/mol. The maximum atomic E-state index is 10.8. The van der Waals surface area contributed by atoms with Crippen LogP contribution in [0.25, 0.3) is 0 Å². The van der Waals surface area contributed by atoms with Gasteiger partial charge >= 0.3 is 11.7 Å². The van der Waals surface area contributed by atoms with Gasteiger partial charge in [0.25, 0.3) is 0 Å². The van der Waals surface area contributed by atoms with Crippen molar-refractivity contribution in [3.05, 3.63) is 27.8 Å². The van der Waals surface area contributed by atoms with E-state index in [0.717, 1.165) is 7.11 Å². The Bertz CT molecular complexity index is 442. The molecule has 0 atom stereocenters. The van der Waals surface area contributed by atoms with Gasteiger partial charge in [0.2, 0.25) is 11.5 Å². The second kappa shape index (κ2) is 4.47. The van der Waals surface area contributed by atoms with Crippen molar-refractivity contribution in [2.75, 3.05) is 14.2 Å². The van der Waals surface area contributed by atoms with Crippen molar-refractivity contribution in [3.63, 3.8) is 0 Å². The molecule has 0 aliphatic heterocycles. The van der Waals surface area contributed by atoms with E-state index in [1.54, 1.807) is 0 Å². The number of hydrogen-bond donors (Lipinski definition) is 1. The molecule has 0 aliphatic carbocycles. The third kappa shape index (κ3) is 1.88. The largest absolute Gasteiger partial charge is 0.490 e. The minimum Gasteiger partial charge on any atom is -0.490 e. The van der Waals surface area contributed by atoms with Gasteiger partial charge in [0.1, 0.15) is 5.56 Å². The SMILES string of the molecule is COc1ccc(C(=O)O)c(OC)c1[N+](=O)[O-]. The summed E-state index contributed by atoms with van der Waals surface area (Å²) in [6.45, 7) is 0. The van der Waals surface area contributed by atoms with Gasteiger partial charge in [-0.2, -0.15) is 0 Å². The summed E-state index contributed by atoms with van der Waals surface area (Å²) in [5.41, 5.74) is -0.778. The molecule has 86 valence electrons. The number of rotatable bonds is 4. The van der Waals surface area contributed by atoms with E-state index in [4.69, 9.17) is 14.6 Å². The number of nitrogens with zero attached hydrogens (tertiary/aromatic N) is 1. The van der Waals surface area contributed by atoms with Gasteiger partial charge in [-0.3, -0.25) is 10.1 Å². The summed E-state index contributed by atoms with van der Waals surface area (Å²) in [5, 5.41) is 19.6. The lowest BCUT2D eigenvalue weighted by molar-refractivity contribution is -0.386.